The van der Waals surface area contributed by atoms with Crippen LogP contribution in [0.25, 0.3) is 0 Å². The number of nitrogens with zero attached hydrogens (tertiary/aromatic N) is 2. The third kappa shape index (κ3) is 4.52. The van der Waals surface area contributed by atoms with Crippen molar-refractivity contribution in [2.75, 3.05) is 7.11 Å². The highest BCUT2D eigenvalue weighted by atomic mass is 16.5. The molecule has 0 aliphatic rings. The number of nitrogens with two attached hydrogens (primary N) is 3. The van der Waals surface area contributed by atoms with Gasteiger partial charge in [-0.05, 0) is 11.1 Å². The van der Waals surface area contributed by atoms with Crippen molar-refractivity contribution in [3.63, 3.8) is 0 Å². The van der Waals surface area contributed by atoms with Crippen LogP contribution in [0.4, 0.5) is 0 Å². The molecule has 1 aromatic carbocycles. The first-order valence-corrected chi connectivity index (χ1v) is 5.08. The molecule has 0 aromatic heterocycles. The van der Waals surface area contributed by atoms with E-state index in [9.17, 15) is 0 Å². The molecule has 6 N–H and O–H groups in total. The predicted octanol–water partition coefficient (Wildman–Crippen LogP) is -0.0789. The molecule has 6 nitrogen and oxygen atoms in total. The maximum atomic E-state index is 5.52. The number of guanidine groups is 2. The fourth-order valence-corrected chi connectivity index (χ4v) is 1.34. The van der Waals surface area contributed by atoms with Gasteiger partial charge in [-0.1, -0.05) is 24.3 Å². The van der Waals surface area contributed by atoms with Gasteiger partial charge in [0, 0.05) is 7.11 Å². The van der Waals surface area contributed by atoms with E-state index in [1.807, 2.05) is 24.3 Å². The van der Waals surface area contributed by atoms with Crippen LogP contribution in [0.3, 0.4) is 0 Å². The number of benzene rings is 1. The normalized spacial score (nSPS) is 11.2. The number of hydrogen-bond donors (Lipinski definition) is 3. The summed E-state index contributed by atoms with van der Waals surface area (Å²) in [4.78, 5) is 7.71. The summed E-state index contributed by atoms with van der Waals surface area (Å²) in [5, 5.41) is 0. The lowest BCUT2D eigenvalue weighted by molar-refractivity contribution is 0.184. The number of aliphatic imine (C=N–C) groups is 2. The molecule has 0 fully saturated rings. The van der Waals surface area contributed by atoms with Crippen LogP contribution in [0.2, 0.25) is 0 Å². The molecule has 0 saturated carbocycles. The van der Waals surface area contributed by atoms with Crippen LogP contribution < -0.4 is 17.2 Å². The zero-order chi connectivity index (χ0) is 12.7. The third-order valence-electron chi connectivity index (χ3n) is 2.07. The predicted molar refractivity (Wildman–Crippen MR) is 68.3 cm³/mol. The van der Waals surface area contributed by atoms with Gasteiger partial charge in [-0.15, -0.1) is 0 Å². The Morgan fingerprint density at radius 3 is 2.41 bits per heavy atom. The van der Waals surface area contributed by atoms with E-state index in [1.54, 1.807) is 7.11 Å². The summed E-state index contributed by atoms with van der Waals surface area (Å²) in [6.07, 6.45) is 0. The van der Waals surface area contributed by atoms with Crippen molar-refractivity contribution >= 4 is 11.9 Å². The summed E-state index contributed by atoms with van der Waals surface area (Å²) in [5.74, 6) is -0.0337. The van der Waals surface area contributed by atoms with E-state index >= 15 is 0 Å². The topological polar surface area (TPSA) is 112 Å². The van der Waals surface area contributed by atoms with Gasteiger partial charge in [0.1, 0.15) is 0 Å². The molecule has 0 aliphatic heterocycles. The Bertz CT molecular complexity index is 424. The zero-order valence-electron chi connectivity index (χ0n) is 9.76. The van der Waals surface area contributed by atoms with Crippen molar-refractivity contribution < 1.29 is 4.74 Å². The van der Waals surface area contributed by atoms with Gasteiger partial charge in [-0.25, -0.2) is 4.99 Å². The van der Waals surface area contributed by atoms with E-state index < -0.39 is 0 Å². The Kier molecular flexibility index (Phi) is 4.96. The molecule has 1 aromatic rings. The lowest BCUT2D eigenvalue weighted by Crippen LogP contribution is -2.26. The first-order valence-electron chi connectivity index (χ1n) is 5.08. The second kappa shape index (κ2) is 6.49. The molecule has 0 amide bonds. The molecule has 0 bridgehead atoms. The van der Waals surface area contributed by atoms with Crippen LogP contribution in [-0.4, -0.2) is 19.0 Å². The van der Waals surface area contributed by atoms with Crippen molar-refractivity contribution in [2.45, 2.75) is 13.2 Å². The van der Waals surface area contributed by atoms with Crippen molar-refractivity contribution in [3.05, 3.63) is 35.4 Å². The molecule has 0 spiro atoms. The average molecular weight is 235 g/mol. The second-order valence-electron chi connectivity index (χ2n) is 3.41. The van der Waals surface area contributed by atoms with Crippen LogP contribution in [0.1, 0.15) is 11.1 Å². The third-order valence-corrected chi connectivity index (χ3v) is 2.07. The molecular formula is C11H17N5O. The smallest absolute Gasteiger partial charge is 0.218 e. The molecule has 0 radical (unpaired) electrons. The van der Waals surface area contributed by atoms with Gasteiger partial charge in [-0.3, -0.25) is 0 Å². The van der Waals surface area contributed by atoms with Gasteiger partial charge in [0.15, 0.2) is 5.96 Å². The van der Waals surface area contributed by atoms with E-state index in [-0.39, 0.29) is 11.9 Å². The van der Waals surface area contributed by atoms with Crippen molar-refractivity contribution in [1.29, 1.82) is 0 Å². The second-order valence-corrected chi connectivity index (χ2v) is 3.41. The van der Waals surface area contributed by atoms with Gasteiger partial charge in [0.2, 0.25) is 5.96 Å². The number of ether oxygens (including phenoxy) is 1. The quantitative estimate of drug-likeness (QED) is 0.500. The maximum absolute atomic E-state index is 5.52. The standard InChI is InChI=1S/C11H17N5O/c1-17-7-9-5-3-2-4-8(9)6-15-11(14)16-10(12)13/h2-5H,6-7H2,1H3,(H6,12,13,14,15,16). The van der Waals surface area contributed by atoms with E-state index in [2.05, 4.69) is 9.98 Å². The minimum Gasteiger partial charge on any atom is -0.380 e. The van der Waals surface area contributed by atoms with Gasteiger partial charge in [-0.2, -0.15) is 4.99 Å². The minimum absolute atomic E-state index is 0.0669. The van der Waals surface area contributed by atoms with Crippen LogP contribution in [0.5, 0.6) is 0 Å². The molecule has 92 valence electrons. The first kappa shape index (κ1) is 13.0. The molecule has 0 atom stereocenters. The van der Waals surface area contributed by atoms with Gasteiger partial charge >= 0.3 is 0 Å². The van der Waals surface area contributed by atoms with Crippen molar-refractivity contribution in [2.24, 2.45) is 27.2 Å². The summed E-state index contributed by atoms with van der Waals surface area (Å²) < 4.78 is 5.09. The summed E-state index contributed by atoms with van der Waals surface area (Å²) >= 11 is 0. The van der Waals surface area contributed by atoms with E-state index in [0.717, 1.165) is 11.1 Å². The molecule has 0 aliphatic carbocycles. The Morgan fingerprint density at radius 2 is 1.82 bits per heavy atom. The van der Waals surface area contributed by atoms with Crippen LogP contribution >= 0.6 is 0 Å². The van der Waals surface area contributed by atoms with Crippen molar-refractivity contribution in [3.8, 4) is 0 Å². The molecule has 6 heteroatoms. The van der Waals surface area contributed by atoms with Gasteiger partial charge in [0.25, 0.3) is 0 Å². The van der Waals surface area contributed by atoms with Crippen LogP contribution in [0, 0.1) is 0 Å². The fourth-order valence-electron chi connectivity index (χ4n) is 1.34. The maximum Gasteiger partial charge on any atom is 0.218 e. The number of rotatable bonds is 4. The average Bonchev–Trinajstić information content (AvgIpc) is 2.27. The van der Waals surface area contributed by atoms with Gasteiger partial charge in [0.05, 0.1) is 13.2 Å². The Morgan fingerprint density at radius 1 is 1.18 bits per heavy atom. The summed E-state index contributed by atoms with van der Waals surface area (Å²) in [6, 6.07) is 7.81. The molecule has 0 unspecified atom stereocenters. The van der Waals surface area contributed by atoms with Crippen molar-refractivity contribution in [1.82, 2.24) is 0 Å². The monoisotopic (exact) mass is 235 g/mol. The minimum atomic E-state index is -0.101. The highest BCUT2D eigenvalue weighted by molar-refractivity contribution is 5.92. The summed E-state index contributed by atoms with van der Waals surface area (Å²) in [6.45, 7) is 0.954. The highest BCUT2D eigenvalue weighted by Crippen LogP contribution is 2.10. The number of hydrogen-bond acceptors (Lipinski definition) is 2. The highest BCUT2D eigenvalue weighted by Gasteiger charge is 2.00. The lowest BCUT2D eigenvalue weighted by Gasteiger charge is -2.06. The molecule has 1 rings (SSSR count). The Labute approximate surface area is 100 Å². The van der Waals surface area contributed by atoms with Gasteiger partial charge < -0.3 is 21.9 Å². The Hall–Kier alpha value is -2.08. The summed E-state index contributed by atoms with van der Waals surface area (Å²) in [5.41, 5.74) is 18.0. The molecule has 17 heavy (non-hydrogen) atoms. The largest absolute Gasteiger partial charge is 0.380 e. The SMILES string of the molecule is COCc1ccccc1CN=C(N)N=C(N)N. The van der Waals surface area contributed by atoms with E-state index in [1.165, 1.54) is 0 Å². The first-order chi connectivity index (χ1) is 8.13. The molecule has 0 heterocycles. The van der Waals surface area contributed by atoms with Crippen LogP contribution in [-0.2, 0) is 17.9 Å². The Balaban J connectivity index is 2.78. The molecular weight excluding hydrogens is 218 g/mol. The summed E-state index contributed by atoms with van der Waals surface area (Å²) in [7, 11) is 1.65. The molecule has 0 saturated heterocycles. The lowest BCUT2D eigenvalue weighted by atomic mass is 10.1. The zero-order valence-corrected chi connectivity index (χ0v) is 9.76. The van der Waals surface area contributed by atoms with E-state index in [0.29, 0.717) is 13.2 Å². The number of methoxy groups -OCH3 is 1. The fraction of sp³-hybridized carbons (Fsp3) is 0.273. The van der Waals surface area contributed by atoms with E-state index in [4.69, 9.17) is 21.9 Å². The van der Waals surface area contributed by atoms with Crippen LogP contribution in [0.15, 0.2) is 34.3 Å².